The third kappa shape index (κ3) is 3.87. The quantitative estimate of drug-likeness (QED) is 0.850. The maximum absolute atomic E-state index is 12.8. The number of nitrogens with zero attached hydrogens (tertiary/aromatic N) is 3. The lowest BCUT2D eigenvalue weighted by Crippen LogP contribution is -2.53. The summed E-state index contributed by atoms with van der Waals surface area (Å²) >= 11 is 0. The number of benzene rings is 1. The highest BCUT2D eigenvalue weighted by atomic mass is 32.2. The van der Waals surface area contributed by atoms with Gasteiger partial charge in [-0.1, -0.05) is 25.0 Å². The van der Waals surface area contributed by atoms with Crippen LogP contribution >= 0.6 is 0 Å². The SMILES string of the molecule is Cc1cccc(N2CCN(S(=O)(=O)N3CCCCCC3)CC2)c1. The summed E-state index contributed by atoms with van der Waals surface area (Å²) < 4.78 is 29.0. The Kier molecular flexibility index (Phi) is 5.24. The standard InChI is InChI=1S/C17H27N3O2S/c1-16-7-6-8-17(15-16)18-11-13-20(14-12-18)23(21,22)19-9-4-2-3-5-10-19/h6-8,15H,2-5,9-14H2,1H3. The third-order valence-corrected chi connectivity index (χ3v) is 6.86. The summed E-state index contributed by atoms with van der Waals surface area (Å²) in [6.07, 6.45) is 4.27. The molecule has 0 spiro atoms. The highest BCUT2D eigenvalue weighted by Crippen LogP contribution is 2.21. The largest absolute Gasteiger partial charge is 0.369 e. The van der Waals surface area contributed by atoms with E-state index < -0.39 is 10.2 Å². The van der Waals surface area contributed by atoms with Gasteiger partial charge < -0.3 is 4.90 Å². The van der Waals surface area contributed by atoms with Gasteiger partial charge in [0.1, 0.15) is 0 Å². The van der Waals surface area contributed by atoms with Crippen LogP contribution in [-0.4, -0.2) is 56.3 Å². The maximum atomic E-state index is 12.8. The van der Waals surface area contributed by atoms with Crippen molar-refractivity contribution in [1.29, 1.82) is 0 Å². The van der Waals surface area contributed by atoms with Gasteiger partial charge >= 0.3 is 0 Å². The molecule has 0 atom stereocenters. The zero-order valence-electron chi connectivity index (χ0n) is 13.9. The van der Waals surface area contributed by atoms with Gasteiger partial charge in [0.25, 0.3) is 10.2 Å². The fourth-order valence-corrected chi connectivity index (χ4v) is 5.11. The summed E-state index contributed by atoms with van der Waals surface area (Å²) in [5.74, 6) is 0. The van der Waals surface area contributed by atoms with E-state index in [-0.39, 0.29) is 0 Å². The van der Waals surface area contributed by atoms with E-state index in [1.807, 2.05) is 0 Å². The van der Waals surface area contributed by atoms with Crippen LogP contribution in [0.25, 0.3) is 0 Å². The molecule has 1 aromatic rings. The van der Waals surface area contributed by atoms with Gasteiger partial charge in [0.15, 0.2) is 0 Å². The van der Waals surface area contributed by atoms with Gasteiger partial charge in [0.2, 0.25) is 0 Å². The number of rotatable bonds is 3. The molecule has 0 amide bonds. The summed E-state index contributed by atoms with van der Waals surface area (Å²) in [6.45, 7) is 6.12. The lowest BCUT2D eigenvalue weighted by atomic mass is 10.2. The van der Waals surface area contributed by atoms with Crippen LogP contribution in [0.3, 0.4) is 0 Å². The number of anilines is 1. The van der Waals surface area contributed by atoms with Crippen LogP contribution in [0.15, 0.2) is 24.3 Å². The predicted octanol–water partition coefficient (Wildman–Crippen LogP) is 2.24. The Hall–Kier alpha value is -1.11. The summed E-state index contributed by atoms with van der Waals surface area (Å²) in [5.41, 5.74) is 2.43. The summed E-state index contributed by atoms with van der Waals surface area (Å²) in [7, 11) is -3.28. The second-order valence-corrected chi connectivity index (χ2v) is 8.47. The number of hydrogen-bond acceptors (Lipinski definition) is 3. The molecule has 128 valence electrons. The molecule has 0 aromatic heterocycles. The summed E-state index contributed by atoms with van der Waals surface area (Å²) in [5, 5.41) is 0. The highest BCUT2D eigenvalue weighted by molar-refractivity contribution is 7.86. The minimum atomic E-state index is -3.28. The molecule has 0 bridgehead atoms. The van der Waals surface area contributed by atoms with Crippen molar-refractivity contribution in [2.24, 2.45) is 0 Å². The van der Waals surface area contributed by atoms with Crippen LogP contribution in [-0.2, 0) is 10.2 Å². The topological polar surface area (TPSA) is 43.9 Å². The first-order chi connectivity index (χ1) is 11.1. The molecule has 2 saturated heterocycles. The van der Waals surface area contributed by atoms with E-state index in [1.54, 1.807) is 8.61 Å². The molecule has 0 N–H and O–H groups in total. The van der Waals surface area contributed by atoms with Gasteiger partial charge in [-0.25, -0.2) is 0 Å². The van der Waals surface area contributed by atoms with E-state index in [0.717, 1.165) is 38.8 Å². The van der Waals surface area contributed by atoms with Gasteiger partial charge in [0, 0.05) is 45.0 Å². The van der Waals surface area contributed by atoms with E-state index in [1.165, 1.54) is 11.3 Å². The molecule has 3 rings (SSSR count). The Bertz CT molecular complexity index is 616. The molecular weight excluding hydrogens is 310 g/mol. The molecule has 2 heterocycles. The van der Waals surface area contributed by atoms with Crippen LogP contribution in [0, 0.1) is 6.92 Å². The molecule has 23 heavy (non-hydrogen) atoms. The Morgan fingerprint density at radius 2 is 1.43 bits per heavy atom. The molecule has 6 heteroatoms. The smallest absolute Gasteiger partial charge is 0.282 e. The third-order valence-electron chi connectivity index (χ3n) is 4.82. The van der Waals surface area contributed by atoms with Crippen LogP contribution in [0.4, 0.5) is 5.69 Å². The van der Waals surface area contributed by atoms with Crippen LogP contribution < -0.4 is 4.90 Å². The second-order valence-electron chi connectivity index (χ2n) is 6.55. The van der Waals surface area contributed by atoms with E-state index in [2.05, 4.69) is 36.1 Å². The molecule has 0 saturated carbocycles. The molecule has 0 radical (unpaired) electrons. The van der Waals surface area contributed by atoms with Crippen molar-refractivity contribution in [2.45, 2.75) is 32.6 Å². The van der Waals surface area contributed by atoms with E-state index in [4.69, 9.17) is 0 Å². The molecule has 2 aliphatic rings. The normalized spacial score (nSPS) is 22.0. The lowest BCUT2D eigenvalue weighted by molar-refractivity contribution is 0.327. The highest BCUT2D eigenvalue weighted by Gasteiger charge is 2.32. The second kappa shape index (κ2) is 7.20. The Labute approximate surface area is 140 Å². The Morgan fingerprint density at radius 1 is 0.826 bits per heavy atom. The van der Waals surface area contributed by atoms with E-state index in [0.29, 0.717) is 26.2 Å². The average Bonchev–Trinajstić information content (AvgIpc) is 2.85. The van der Waals surface area contributed by atoms with Gasteiger partial charge in [-0.15, -0.1) is 0 Å². The predicted molar refractivity (Wildman–Crippen MR) is 93.9 cm³/mol. The summed E-state index contributed by atoms with van der Waals surface area (Å²) in [4.78, 5) is 2.28. The van der Waals surface area contributed by atoms with Crippen molar-refractivity contribution in [1.82, 2.24) is 8.61 Å². The van der Waals surface area contributed by atoms with Crippen molar-refractivity contribution in [3.05, 3.63) is 29.8 Å². The van der Waals surface area contributed by atoms with Crippen LogP contribution in [0.1, 0.15) is 31.2 Å². The minimum absolute atomic E-state index is 0.576. The molecule has 2 fully saturated rings. The molecular formula is C17H27N3O2S. The number of aryl methyl sites for hydroxylation is 1. The van der Waals surface area contributed by atoms with Crippen molar-refractivity contribution < 1.29 is 8.42 Å². The van der Waals surface area contributed by atoms with E-state index >= 15 is 0 Å². The molecule has 5 nitrogen and oxygen atoms in total. The fraction of sp³-hybridized carbons (Fsp3) is 0.647. The van der Waals surface area contributed by atoms with Gasteiger partial charge in [0.05, 0.1) is 0 Å². The van der Waals surface area contributed by atoms with Crippen LogP contribution in [0.5, 0.6) is 0 Å². The van der Waals surface area contributed by atoms with E-state index in [9.17, 15) is 8.42 Å². The first-order valence-corrected chi connectivity index (χ1v) is 10.0. The van der Waals surface area contributed by atoms with Gasteiger partial charge in [-0.2, -0.15) is 17.0 Å². The molecule has 0 aliphatic carbocycles. The average molecular weight is 337 g/mol. The first-order valence-electron chi connectivity index (χ1n) is 8.64. The van der Waals surface area contributed by atoms with Gasteiger partial charge in [-0.05, 0) is 37.5 Å². The zero-order valence-corrected chi connectivity index (χ0v) is 14.8. The number of piperazine rings is 1. The lowest BCUT2D eigenvalue weighted by Gasteiger charge is -2.37. The Balaban J connectivity index is 1.63. The molecule has 2 aliphatic heterocycles. The summed E-state index contributed by atoms with van der Waals surface area (Å²) in [6, 6.07) is 8.42. The Morgan fingerprint density at radius 3 is 2.04 bits per heavy atom. The monoisotopic (exact) mass is 337 g/mol. The van der Waals surface area contributed by atoms with Crippen molar-refractivity contribution in [3.63, 3.8) is 0 Å². The van der Waals surface area contributed by atoms with Crippen LogP contribution in [0.2, 0.25) is 0 Å². The molecule has 1 aromatic carbocycles. The maximum Gasteiger partial charge on any atom is 0.282 e. The minimum Gasteiger partial charge on any atom is -0.369 e. The van der Waals surface area contributed by atoms with Crippen molar-refractivity contribution in [3.8, 4) is 0 Å². The van der Waals surface area contributed by atoms with Crippen molar-refractivity contribution in [2.75, 3.05) is 44.2 Å². The fourth-order valence-electron chi connectivity index (χ4n) is 3.44. The molecule has 0 unspecified atom stereocenters. The zero-order chi connectivity index (χ0) is 16.3. The number of hydrogen-bond donors (Lipinski definition) is 0. The van der Waals surface area contributed by atoms with Crippen molar-refractivity contribution >= 4 is 15.9 Å². The first kappa shape index (κ1) is 16.7. The van der Waals surface area contributed by atoms with Gasteiger partial charge in [-0.3, -0.25) is 0 Å².